The summed E-state index contributed by atoms with van der Waals surface area (Å²) in [6.07, 6.45) is 2.76. The molecule has 1 amide bonds. The Morgan fingerprint density at radius 2 is 2.07 bits per heavy atom. The second-order valence-electron chi connectivity index (χ2n) is 7.19. The molecule has 27 heavy (non-hydrogen) atoms. The maximum Gasteiger partial charge on any atom is 0.306 e. The van der Waals surface area contributed by atoms with E-state index in [-0.39, 0.29) is 24.9 Å². The Kier molecular flexibility index (Phi) is 5.57. The van der Waals surface area contributed by atoms with Crippen LogP contribution in [0.5, 0.6) is 0 Å². The number of esters is 1. The van der Waals surface area contributed by atoms with Crippen molar-refractivity contribution < 1.29 is 14.3 Å². The molecule has 9 nitrogen and oxygen atoms in total. The number of aromatic nitrogens is 4. The Bertz CT molecular complexity index is 862. The first-order valence-corrected chi connectivity index (χ1v) is 9.27. The zero-order chi connectivity index (χ0) is 19.6. The molecule has 0 bridgehead atoms. The van der Waals surface area contributed by atoms with Crippen molar-refractivity contribution in [3.8, 4) is 0 Å². The van der Waals surface area contributed by atoms with Gasteiger partial charge in [-0.05, 0) is 44.6 Å². The van der Waals surface area contributed by atoms with Crippen LogP contribution in [0.4, 0.5) is 5.95 Å². The molecule has 1 atom stereocenters. The molecule has 2 aromatic heterocycles. The molecule has 2 N–H and O–H groups in total. The van der Waals surface area contributed by atoms with Crippen LogP contribution < -0.4 is 5.73 Å². The van der Waals surface area contributed by atoms with Gasteiger partial charge >= 0.3 is 5.97 Å². The molecule has 2 aromatic rings. The quantitative estimate of drug-likeness (QED) is 0.778. The van der Waals surface area contributed by atoms with E-state index in [2.05, 4.69) is 22.0 Å². The van der Waals surface area contributed by atoms with Crippen LogP contribution in [0.3, 0.4) is 0 Å². The monoisotopic (exact) mass is 374 g/mol. The van der Waals surface area contributed by atoms with Gasteiger partial charge < -0.3 is 15.4 Å². The van der Waals surface area contributed by atoms with Gasteiger partial charge in [-0.2, -0.15) is 9.50 Å². The Morgan fingerprint density at radius 3 is 2.81 bits per heavy atom. The number of ether oxygens (including phenoxy) is 1. The van der Waals surface area contributed by atoms with E-state index < -0.39 is 5.97 Å². The highest BCUT2D eigenvalue weighted by atomic mass is 16.5. The smallest absolute Gasteiger partial charge is 0.306 e. The van der Waals surface area contributed by atoms with Gasteiger partial charge in [0.25, 0.3) is 11.7 Å². The van der Waals surface area contributed by atoms with Gasteiger partial charge in [0.05, 0.1) is 0 Å². The molecule has 1 aliphatic heterocycles. The molecule has 3 heterocycles. The van der Waals surface area contributed by atoms with Gasteiger partial charge in [-0.1, -0.05) is 6.92 Å². The number of amides is 1. The minimum absolute atomic E-state index is 0.122. The van der Waals surface area contributed by atoms with Crippen molar-refractivity contribution in [2.45, 2.75) is 46.5 Å². The maximum atomic E-state index is 12.2. The number of nitrogens with zero attached hydrogens (tertiary/aromatic N) is 5. The number of piperidine rings is 1. The van der Waals surface area contributed by atoms with Crippen LogP contribution in [0.1, 0.15) is 43.1 Å². The van der Waals surface area contributed by atoms with E-state index in [0.717, 1.165) is 42.9 Å². The van der Waals surface area contributed by atoms with Crippen molar-refractivity contribution in [2.24, 2.45) is 5.92 Å². The van der Waals surface area contributed by atoms with E-state index in [1.807, 2.05) is 13.8 Å². The van der Waals surface area contributed by atoms with Gasteiger partial charge in [0.1, 0.15) is 0 Å². The zero-order valence-corrected chi connectivity index (χ0v) is 16.1. The third kappa shape index (κ3) is 4.35. The lowest BCUT2D eigenvalue weighted by Gasteiger charge is -2.30. The fraction of sp³-hybridized carbons (Fsp3) is 0.611. The van der Waals surface area contributed by atoms with E-state index in [9.17, 15) is 9.59 Å². The molecule has 0 spiro atoms. The average Bonchev–Trinajstić information content (AvgIpc) is 2.99. The Balaban J connectivity index is 1.55. The lowest BCUT2D eigenvalue weighted by molar-refractivity contribution is -0.152. The first kappa shape index (κ1) is 19.1. The van der Waals surface area contributed by atoms with E-state index in [0.29, 0.717) is 18.1 Å². The summed E-state index contributed by atoms with van der Waals surface area (Å²) in [5.41, 5.74) is 8.15. The van der Waals surface area contributed by atoms with E-state index in [1.165, 1.54) is 0 Å². The molecular formula is C18H26N6O3. The number of carbonyl (C=O) groups is 2. The molecule has 0 unspecified atom stereocenters. The molecule has 0 aromatic carbocycles. The molecule has 0 saturated carbocycles. The minimum Gasteiger partial charge on any atom is -0.456 e. The largest absolute Gasteiger partial charge is 0.456 e. The summed E-state index contributed by atoms with van der Waals surface area (Å²) in [5.74, 6) is 0.578. The van der Waals surface area contributed by atoms with Crippen molar-refractivity contribution in [3.05, 3.63) is 17.0 Å². The topological polar surface area (TPSA) is 116 Å². The van der Waals surface area contributed by atoms with Gasteiger partial charge in [0.15, 0.2) is 6.61 Å². The van der Waals surface area contributed by atoms with Crippen LogP contribution in [-0.2, 0) is 20.7 Å². The van der Waals surface area contributed by atoms with Gasteiger partial charge in [0, 0.05) is 30.9 Å². The SMILES string of the molecule is Cc1nc2nc(N)nn2c(C)c1CCC(=O)OCC(=O)N1CCC[C@@H](C)C1. The number of aryl methyl sites for hydroxylation is 2. The first-order valence-electron chi connectivity index (χ1n) is 9.27. The number of likely N-dealkylation sites (tertiary alicyclic amines) is 1. The van der Waals surface area contributed by atoms with Crippen molar-refractivity contribution in [1.29, 1.82) is 0 Å². The number of carbonyl (C=O) groups excluding carboxylic acids is 2. The number of hydrogen-bond acceptors (Lipinski definition) is 7. The van der Waals surface area contributed by atoms with Gasteiger partial charge in [0.2, 0.25) is 5.95 Å². The Morgan fingerprint density at radius 1 is 1.30 bits per heavy atom. The molecule has 9 heteroatoms. The fourth-order valence-corrected chi connectivity index (χ4v) is 3.53. The fourth-order valence-electron chi connectivity index (χ4n) is 3.53. The summed E-state index contributed by atoms with van der Waals surface area (Å²) in [6.45, 7) is 7.16. The number of fused-ring (bicyclic) bond motifs is 1. The number of anilines is 1. The predicted molar refractivity (Wildman–Crippen MR) is 98.9 cm³/mol. The first-order chi connectivity index (χ1) is 12.8. The highest BCUT2D eigenvalue weighted by molar-refractivity contribution is 5.80. The Hall–Kier alpha value is -2.71. The zero-order valence-electron chi connectivity index (χ0n) is 16.1. The van der Waals surface area contributed by atoms with Crippen molar-refractivity contribution in [2.75, 3.05) is 25.4 Å². The highest BCUT2D eigenvalue weighted by Crippen LogP contribution is 2.17. The van der Waals surface area contributed by atoms with Crippen LogP contribution in [-0.4, -0.2) is 56.1 Å². The summed E-state index contributed by atoms with van der Waals surface area (Å²) >= 11 is 0. The Labute approximate surface area is 157 Å². The van der Waals surface area contributed by atoms with Crippen LogP contribution in [0.15, 0.2) is 0 Å². The highest BCUT2D eigenvalue weighted by Gasteiger charge is 2.22. The molecule has 146 valence electrons. The van der Waals surface area contributed by atoms with Crippen molar-refractivity contribution in [3.63, 3.8) is 0 Å². The molecule has 0 radical (unpaired) electrons. The maximum absolute atomic E-state index is 12.2. The molecular weight excluding hydrogens is 348 g/mol. The van der Waals surface area contributed by atoms with Gasteiger partial charge in [-0.15, -0.1) is 5.10 Å². The van der Waals surface area contributed by atoms with E-state index in [4.69, 9.17) is 10.5 Å². The van der Waals surface area contributed by atoms with E-state index >= 15 is 0 Å². The predicted octanol–water partition coefficient (Wildman–Crippen LogP) is 1.06. The second kappa shape index (κ2) is 7.89. The summed E-state index contributed by atoms with van der Waals surface area (Å²) < 4.78 is 6.75. The molecule has 1 aliphatic rings. The summed E-state index contributed by atoms with van der Waals surface area (Å²) in [6, 6.07) is 0. The summed E-state index contributed by atoms with van der Waals surface area (Å²) in [5, 5.41) is 4.11. The van der Waals surface area contributed by atoms with Crippen molar-refractivity contribution in [1.82, 2.24) is 24.5 Å². The standard InChI is InChI=1S/C18H26N6O3/c1-11-5-4-8-23(9-11)15(25)10-27-16(26)7-6-14-12(2)20-18-21-17(19)22-24(18)13(14)3/h11H,4-10H2,1-3H3,(H2,19,22)/t11-/m1/s1. The molecule has 3 rings (SSSR count). The van der Waals surface area contributed by atoms with Gasteiger partial charge in [-0.3, -0.25) is 9.59 Å². The summed E-state index contributed by atoms with van der Waals surface area (Å²) in [4.78, 5) is 34.5. The van der Waals surface area contributed by atoms with Crippen LogP contribution in [0.25, 0.3) is 5.78 Å². The number of rotatable bonds is 5. The third-order valence-corrected chi connectivity index (χ3v) is 5.01. The normalized spacial score (nSPS) is 17.3. The molecule has 1 fully saturated rings. The number of hydrogen-bond donors (Lipinski definition) is 1. The molecule has 0 aliphatic carbocycles. The average molecular weight is 374 g/mol. The van der Waals surface area contributed by atoms with Crippen LogP contribution in [0.2, 0.25) is 0 Å². The van der Waals surface area contributed by atoms with Crippen LogP contribution >= 0.6 is 0 Å². The summed E-state index contributed by atoms with van der Waals surface area (Å²) in [7, 11) is 0. The lowest BCUT2D eigenvalue weighted by atomic mass is 10.0. The van der Waals surface area contributed by atoms with Crippen molar-refractivity contribution >= 4 is 23.6 Å². The van der Waals surface area contributed by atoms with Crippen LogP contribution in [0, 0.1) is 19.8 Å². The van der Waals surface area contributed by atoms with Gasteiger partial charge in [-0.25, -0.2) is 4.98 Å². The van der Waals surface area contributed by atoms with E-state index in [1.54, 1.807) is 9.42 Å². The second-order valence-corrected chi connectivity index (χ2v) is 7.19. The minimum atomic E-state index is -0.398. The number of nitrogen functional groups attached to an aromatic ring is 1. The third-order valence-electron chi connectivity index (χ3n) is 5.01. The molecule has 1 saturated heterocycles. The number of nitrogens with two attached hydrogens (primary N) is 1. The lowest BCUT2D eigenvalue weighted by Crippen LogP contribution is -2.41.